The van der Waals surface area contributed by atoms with E-state index in [1.54, 1.807) is 13.8 Å². The SMILES string of the molecule is CCCCCCCCC=CCCCCCCCC(=O)OC(C)C(NC(C)(C)CC(C)O)OC(=O)CCCCCCCC=CCCCCCCCC. The highest BCUT2D eigenvalue weighted by Gasteiger charge is 2.31. The van der Waals surface area contributed by atoms with Gasteiger partial charge in [0.1, 0.15) is 6.10 Å². The average Bonchev–Trinajstić information content (AvgIpc) is 3.07. The molecule has 0 aromatic heterocycles. The number of nitrogens with one attached hydrogen (secondary N) is 1. The Labute approximate surface area is 316 Å². The maximum absolute atomic E-state index is 12.8. The summed E-state index contributed by atoms with van der Waals surface area (Å²) < 4.78 is 11.6. The predicted octanol–water partition coefficient (Wildman–Crippen LogP) is 13.0. The molecule has 0 saturated carbocycles. The largest absolute Gasteiger partial charge is 0.457 e. The number of hydrogen-bond donors (Lipinski definition) is 2. The van der Waals surface area contributed by atoms with Crippen LogP contribution in [0.15, 0.2) is 24.3 Å². The predicted molar refractivity (Wildman–Crippen MR) is 218 cm³/mol. The normalized spacial score (nSPS) is 13.9. The summed E-state index contributed by atoms with van der Waals surface area (Å²) in [5, 5.41) is 13.3. The van der Waals surface area contributed by atoms with Crippen LogP contribution in [0, 0.1) is 0 Å². The maximum Gasteiger partial charge on any atom is 0.307 e. The molecule has 0 aliphatic heterocycles. The maximum atomic E-state index is 12.8. The summed E-state index contributed by atoms with van der Waals surface area (Å²) in [4.78, 5) is 25.6. The Kier molecular flexibility index (Phi) is 34.2. The van der Waals surface area contributed by atoms with Crippen molar-refractivity contribution >= 4 is 11.9 Å². The first-order chi connectivity index (χ1) is 24.6. The van der Waals surface area contributed by atoms with Gasteiger partial charge in [-0.25, -0.2) is 0 Å². The van der Waals surface area contributed by atoms with Crippen molar-refractivity contribution in [1.29, 1.82) is 0 Å². The van der Waals surface area contributed by atoms with Crippen LogP contribution in [0.2, 0.25) is 0 Å². The summed E-state index contributed by atoms with van der Waals surface area (Å²) in [6.07, 6.45) is 40.1. The number of rotatable bonds is 37. The molecule has 6 heteroatoms. The Bertz CT molecular complexity index is 852. The minimum absolute atomic E-state index is 0.256. The van der Waals surface area contributed by atoms with E-state index in [0.29, 0.717) is 19.3 Å². The van der Waals surface area contributed by atoms with Crippen molar-refractivity contribution in [1.82, 2.24) is 5.32 Å². The minimum Gasteiger partial charge on any atom is -0.457 e. The van der Waals surface area contributed by atoms with Crippen molar-refractivity contribution in [3.63, 3.8) is 0 Å². The fraction of sp³-hybridized carbons (Fsp3) is 0.867. The van der Waals surface area contributed by atoms with Crippen LogP contribution in [0.1, 0.15) is 228 Å². The number of aliphatic hydroxyl groups is 1. The van der Waals surface area contributed by atoms with Gasteiger partial charge in [0.2, 0.25) is 0 Å². The van der Waals surface area contributed by atoms with Gasteiger partial charge in [-0.2, -0.15) is 0 Å². The van der Waals surface area contributed by atoms with Gasteiger partial charge < -0.3 is 14.6 Å². The van der Waals surface area contributed by atoms with Crippen LogP contribution in [-0.2, 0) is 19.1 Å². The van der Waals surface area contributed by atoms with Gasteiger partial charge in [-0.05, 0) is 98.3 Å². The lowest BCUT2D eigenvalue weighted by molar-refractivity contribution is -0.171. The molecular formula is C45H85NO5. The first-order valence-electron chi connectivity index (χ1n) is 21.8. The van der Waals surface area contributed by atoms with Crippen molar-refractivity contribution < 1.29 is 24.2 Å². The standard InChI is InChI=1S/C45H85NO5/c1-7-9-11-13-15-17-19-21-23-25-27-29-31-33-35-37-42(48)50-41(4)44(46-45(5,6)39-40(3)47)51-43(49)38-36-34-32-30-28-26-24-22-20-18-16-14-12-10-8-2/h21-24,40-41,44,46-47H,7-20,25-39H2,1-6H3. The number of unbranched alkanes of at least 4 members (excludes halogenated alkanes) is 22. The molecule has 0 aliphatic rings. The molecular weight excluding hydrogens is 634 g/mol. The third-order valence-electron chi connectivity index (χ3n) is 9.63. The van der Waals surface area contributed by atoms with Crippen LogP contribution < -0.4 is 5.32 Å². The van der Waals surface area contributed by atoms with E-state index in [2.05, 4.69) is 43.5 Å². The fourth-order valence-corrected chi connectivity index (χ4v) is 6.63. The van der Waals surface area contributed by atoms with E-state index in [1.807, 2.05) is 13.8 Å². The van der Waals surface area contributed by atoms with Crippen molar-refractivity contribution in [2.24, 2.45) is 0 Å². The number of aliphatic hydroxyl groups excluding tert-OH is 1. The Morgan fingerprint density at radius 1 is 0.549 bits per heavy atom. The zero-order valence-corrected chi connectivity index (χ0v) is 34.6. The smallest absolute Gasteiger partial charge is 0.307 e. The average molecular weight is 720 g/mol. The molecule has 3 atom stereocenters. The van der Waals surface area contributed by atoms with Crippen LogP contribution in [0.25, 0.3) is 0 Å². The number of carbonyl (C=O) groups is 2. The Morgan fingerprint density at radius 2 is 0.882 bits per heavy atom. The Balaban J connectivity index is 4.30. The second kappa shape index (κ2) is 35.4. The molecule has 51 heavy (non-hydrogen) atoms. The number of carbonyl (C=O) groups excluding carboxylic acids is 2. The number of ether oxygens (including phenoxy) is 2. The number of allylic oxidation sites excluding steroid dienone is 4. The highest BCUT2D eigenvalue weighted by Crippen LogP contribution is 2.18. The molecule has 3 unspecified atom stereocenters. The van der Waals surface area contributed by atoms with Crippen molar-refractivity contribution in [3.8, 4) is 0 Å². The Hall–Kier alpha value is -1.66. The number of esters is 2. The summed E-state index contributed by atoms with van der Waals surface area (Å²) in [5.74, 6) is -0.535. The molecule has 0 rings (SSSR count). The van der Waals surface area contributed by atoms with Gasteiger partial charge in [0.25, 0.3) is 0 Å². The lowest BCUT2D eigenvalue weighted by Crippen LogP contribution is -2.54. The van der Waals surface area contributed by atoms with Gasteiger partial charge in [0.05, 0.1) is 6.10 Å². The van der Waals surface area contributed by atoms with Crippen LogP contribution in [0.3, 0.4) is 0 Å². The summed E-state index contributed by atoms with van der Waals surface area (Å²) in [5.41, 5.74) is -0.508. The molecule has 2 N–H and O–H groups in total. The second-order valence-corrected chi connectivity index (χ2v) is 15.9. The first-order valence-corrected chi connectivity index (χ1v) is 21.8. The summed E-state index contributed by atoms with van der Waals surface area (Å²) in [7, 11) is 0. The Morgan fingerprint density at radius 3 is 1.25 bits per heavy atom. The van der Waals surface area contributed by atoms with Gasteiger partial charge in [-0.3, -0.25) is 14.9 Å². The molecule has 0 spiro atoms. The van der Waals surface area contributed by atoms with Gasteiger partial charge in [0, 0.05) is 18.4 Å². The van der Waals surface area contributed by atoms with E-state index in [9.17, 15) is 14.7 Å². The molecule has 0 bridgehead atoms. The second-order valence-electron chi connectivity index (χ2n) is 15.9. The molecule has 0 amide bonds. The first kappa shape index (κ1) is 49.3. The van der Waals surface area contributed by atoms with Gasteiger partial charge in [0.15, 0.2) is 6.23 Å². The molecule has 300 valence electrons. The minimum atomic E-state index is -0.771. The van der Waals surface area contributed by atoms with Gasteiger partial charge >= 0.3 is 11.9 Å². The summed E-state index contributed by atoms with van der Waals surface area (Å²) >= 11 is 0. The van der Waals surface area contributed by atoms with Gasteiger partial charge in [-0.1, -0.05) is 141 Å². The van der Waals surface area contributed by atoms with Crippen LogP contribution in [-0.4, -0.2) is 41.0 Å². The molecule has 0 radical (unpaired) electrons. The molecule has 0 fully saturated rings. The van der Waals surface area contributed by atoms with E-state index < -0.39 is 24.0 Å². The van der Waals surface area contributed by atoms with E-state index in [-0.39, 0.29) is 11.9 Å². The molecule has 6 nitrogen and oxygen atoms in total. The van der Waals surface area contributed by atoms with Crippen molar-refractivity contribution in [3.05, 3.63) is 24.3 Å². The lowest BCUT2D eigenvalue weighted by atomic mass is 9.97. The number of hydrogen-bond acceptors (Lipinski definition) is 6. The third kappa shape index (κ3) is 35.2. The molecule has 0 aromatic carbocycles. The van der Waals surface area contributed by atoms with E-state index in [4.69, 9.17) is 9.47 Å². The lowest BCUT2D eigenvalue weighted by Gasteiger charge is -2.35. The monoisotopic (exact) mass is 720 g/mol. The van der Waals surface area contributed by atoms with E-state index in [0.717, 1.165) is 51.4 Å². The highest BCUT2D eigenvalue weighted by molar-refractivity contribution is 5.70. The van der Waals surface area contributed by atoms with Crippen LogP contribution in [0.4, 0.5) is 0 Å². The zero-order chi connectivity index (χ0) is 37.8. The van der Waals surface area contributed by atoms with E-state index in [1.165, 1.54) is 116 Å². The summed E-state index contributed by atoms with van der Waals surface area (Å²) in [6.45, 7) is 12.0. The van der Waals surface area contributed by atoms with Crippen LogP contribution in [0.5, 0.6) is 0 Å². The van der Waals surface area contributed by atoms with E-state index >= 15 is 0 Å². The fourth-order valence-electron chi connectivity index (χ4n) is 6.63. The molecule has 0 saturated heterocycles. The van der Waals surface area contributed by atoms with Crippen LogP contribution >= 0.6 is 0 Å². The van der Waals surface area contributed by atoms with Gasteiger partial charge in [-0.15, -0.1) is 0 Å². The summed E-state index contributed by atoms with van der Waals surface area (Å²) in [6, 6.07) is 0. The van der Waals surface area contributed by atoms with Crippen molar-refractivity contribution in [2.45, 2.75) is 252 Å². The third-order valence-corrected chi connectivity index (χ3v) is 9.63. The topological polar surface area (TPSA) is 84.9 Å². The molecule has 0 aliphatic carbocycles. The van der Waals surface area contributed by atoms with Crippen molar-refractivity contribution in [2.75, 3.05) is 0 Å². The molecule has 0 heterocycles. The zero-order valence-electron chi connectivity index (χ0n) is 34.6. The molecule has 0 aromatic rings. The highest BCUT2D eigenvalue weighted by atomic mass is 16.6. The quantitative estimate of drug-likeness (QED) is 0.0288.